The van der Waals surface area contributed by atoms with Crippen molar-refractivity contribution in [2.45, 2.75) is 0 Å². The van der Waals surface area contributed by atoms with Crippen LogP contribution in [0.15, 0.2) is 146 Å². The molecule has 5 aromatic rings. The zero-order valence-electron chi connectivity index (χ0n) is 19.0. The Balaban J connectivity index is 1.66. The second-order valence-corrected chi connectivity index (χ2v) is 8.25. The molecule has 0 radical (unpaired) electrons. The SMILES string of the molecule is C(=C(\c1ccccc1)c1cccc(/C(=C\c2ccccc2)c2ccccc2)c1)/c1ccccc1. The van der Waals surface area contributed by atoms with E-state index in [2.05, 4.69) is 158 Å². The molecule has 0 heterocycles. The van der Waals surface area contributed by atoms with Crippen molar-refractivity contribution in [1.82, 2.24) is 0 Å². The molecule has 0 bridgehead atoms. The Bertz CT molecular complexity index is 1290. The van der Waals surface area contributed by atoms with Crippen LogP contribution in [0.4, 0.5) is 0 Å². The third-order valence-corrected chi connectivity index (χ3v) is 5.88. The van der Waals surface area contributed by atoms with Gasteiger partial charge in [0.2, 0.25) is 0 Å². The van der Waals surface area contributed by atoms with E-state index in [9.17, 15) is 0 Å². The molecule has 0 saturated heterocycles. The maximum atomic E-state index is 2.31. The maximum absolute atomic E-state index is 2.31. The van der Waals surface area contributed by atoms with Crippen LogP contribution in [-0.2, 0) is 0 Å². The summed E-state index contributed by atoms with van der Waals surface area (Å²) in [6.07, 6.45) is 4.55. The molecule has 0 amide bonds. The van der Waals surface area contributed by atoms with Crippen molar-refractivity contribution in [2.75, 3.05) is 0 Å². The average Bonchev–Trinajstić information content (AvgIpc) is 2.92. The van der Waals surface area contributed by atoms with Crippen molar-refractivity contribution in [3.05, 3.63) is 179 Å². The molecule has 5 rings (SSSR count). The molecule has 0 saturated carbocycles. The van der Waals surface area contributed by atoms with Crippen LogP contribution in [0.2, 0.25) is 0 Å². The predicted molar refractivity (Wildman–Crippen MR) is 146 cm³/mol. The van der Waals surface area contributed by atoms with Gasteiger partial charge in [0.25, 0.3) is 0 Å². The molecule has 0 aliphatic carbocycles. The van der Waals surface area contributed by atoms with Gasteiger partial charge in [-0.25, -0.2) is 0 Å². The quantitative estimate of drug-likeness (QED) is 0.234. The van der Waals surface area contributed by atoms with Gasteiger partial charge in [0, 0.05) is 0 Å². The van der Waals surface area contributed by atoms with E-state index in [0.29, 0.717) is 0 Å². The maximum Gasteiger partial charge on any atom is -0.0105 e. The van der Waals surface area contributed by atoms with Crippen LogP contribution in [0, 0.1) is 0 Å². The molecule has 34 heavy (non-hydrogen) atoms. The summed E-state index contributed by atoms with van der Waals surface area (Å²) in [7, 11) is 0. The van der Waals surface area contributed by atoms with E-state index in [1.807, 2.05) is 0 Å². The van der Waals surface area contributed by atoms with Crippen LogP contribution >= 0.6 is 0 Å². The van der Waals surface area contributed by atoms with Crippen molar-refractivity contribution in [2.24, 2.45) is 0 Å². The molecular formula is C34H26. The Labute approximate surface area is 202 Å². The molecule has 0 aromatic heterocycles. The summed E-state index contributed by atoms with van der Waals surface area (Å²) >= 11 is 0. The average molecular weight is 435 g/mol. The first-order chi connectivity index (χ1) is 16.9. The van der Waals surface area contributed by atoms with Crippen molar-refractivity contribution in [3.63, 3.8) is 0 Å². The van der Waals surface area contributed by atoms with Gasteiger partial charge in [-0.15, -0.1) is 0 Å². The summed E-state index contributed by atoms with van der Waals surface area (Å²) in [6.45, 7) is 0. The van der Waals surface area contributed by atoms with E-state index in [-0.39, 0.29) is 0 Å². The third kappa shape index (κ3) is 5.14. The first-order valence-corrected chi connectivity index (χ1v) is 11.6. The standard InChI is InChI=1S/C34H26/c1-5-14-27(15-6-1)24-33(29-18-9-3-10-19-29)31-22-13-23-32(26-31)34(30-20-11-4-12-21-30)25-28-16-7-2-8-17-28/h1-26H/b33-24-,34-25-. The Morgan fingerprint density at radius 1 is 0.324 bits per heavy atom. The van der Waals surface area contributed by atoms with Gasteiger partial charge in [-0.3, -0.25) is 0 Å². The normalized spacial score (nSPS) is 11.9. The molecule has 0 aliphatic rings. The van der Waals surface area contributed by atoms with Crippen LogP contribution < -0.4 is 0 Å². The highest BCUT2D eigenvalue weighted by Gasteiger charge is 2.10. The highest BCUT2D eigenvalue weighted by molar-refractivity contribution is 5.95. The summed E-state index contributed by atoms with van der Waals surface area (Å²) in [6, 6.07) is 51.2. The van der Waals surface area contributed by atoms with Crippen LogP contribution in [0.5, 0.6) is 0 Å². The summed E-state index contributed by atoms with van der Waals surface area (Å²) in [4.78, 5) is 0. The Hall–Kier alpha value is -4.42. The molecule has 0 spiro atoms. The smallest absolute Gasteiger partial charge is 0.0105 e. The molecule has 162 valence electrons. The minimum atomic E-state index is 1.19. The Morgan fingerprint density at radius 2 is 0.647 bits per heavy atom. The van der Waals surface area contributed by atoms with Crippen LogP contribution in [-0.4, -0.2) is 0 Å². The van der Waals surface area contributed by atoms with Gasteiger partial charge in [-0.1, -0.05) is 140 Å². The second-order valence-electron chi connectivity index (χ2n) is 8.25. The van der Waals surface area contributed by atoms with Gasteiger partial charge in [-0.2, -0.15) is 0 Å². The number of hydrogen-bond donors (Lipinski definition) is 0. The molecule has 0 atom stereocenters. The lowest BCUT2D eigenvalue weighted by Crippen LogP contribution is -1.93. The van der Waals surface area contributed by atoms with Crippen molar-refractivity contribution < 1.29 is 0 Å². The fourth-order valence-electron chi connectivity index (χ4n) is 4.19. The molecule has 0 unspecified atom stereocenters. The van der Waals surface area contributed by atoms with Crippen LogP contribution in [0.25, 0.3) is 23.3 Å². The zero-order chi connectivity index (χ0) is 23.0. The van der Waals surface area contributed by atoms with Gasteiger partial charge in [0.1, 0.15) is 0 Å². The molecule has 5 aromatic carbocycles. The fraction of sp³-hybridized carbons (Fsp3) is 0. The van der Waals surface area contributed by atoms with Gasteiger partial charge in [-0.05, 0) is 62.7 Å². The van der Waals surface area contributed by atoms with E-state index < -0.39 is 0 Å². The van der Waals surface area contributed by atoms with E-state index in [1.165, 1.54) is 44.5 Å². The van der Waals surface area contributed by atoms with Crippen LogP contribution in [0.3, 0.4) is 0 Å². The molecule has 0 nitrogen and oxygen atoms in total. The lowest BCUT2D eigenvalue weighted by Gasteiger charge is -2.14. The molecule has 0 heteroatoms. The summed E-state index contributed by atoms with van der Waals surface area (Å²) in [5.74, 6) is 0. The second kappa shape index (κ2) is 10.5. The van der Waals surface area contributed by atoms with Crippen molar-refractivity contribution >= 4 is 23.3 Å². The first-order valence-electron chi connectivity index (χ1n) is 11.6. The minimum absolute atomic E-state index is 1.19. The molecule has 0 fully saturated rings. The summed E-state index contributed by atoms with van der Waals surface area (Å²) < 4.78 is 0. The van der Waals surface area contributed by atoms with E-state index in [1.54, 1.807) is 0 Å². The molecule has 0 N–H and O–H groups in total. The topological polar surface area (TPSA) is 0 Å². The molecule has 0 aliphatic heterocycles. The van der Waals surface area contributed by atoms with Crippen LogP contribution in [0.1, 0.15) is 33.4 Å². The first kappa shape index (κ1) is 21.4. The van der Waals surface area contributed by atoms with Gasteiger partial charge >= 0.3 is 0 Å². The lowest BCUT2D eigenvalue weighted by atomic mass is 9.90. The number of hydrogen-bond acceptors (Lipinski definition) is 0. The largest absolute Gasteiger partial charge is 0.0622 e. The Morgan fingerprint density at radius 3 is 1.03 bits per heavy atom. The zero-order valence-corrected chi connectivity index (χ0v) is 19.0. The van der Waals surface area contributed by atoms with E-state index in [4.69, 9.17) is 0 Å². The monoisotopic (exact) mass is 434 g/mol. The lowest BCUT2D eigenvalue weighted by molar-refractivity contribution is 1.51. The number of rotatable bonds is 6. The summed E-state index contributed by atoms with van der Waals surface area (Å²) in [5, 5.41) is 0. The minimum Gasteiger partial charge on any atom is -0.0622 e. The highest BCUT2D eigenvalue weighted by Crippen LogP contribution is 2.31. The van der Waals surface area contributed by atoms with E-state index in [0.717, 1.165) is 0 Å². The Kier molecular flexibility index (Phi) is 6.59. The third-order valence-electron chi connectivity index (χ3n) is 5.88. The van der Waals surface area contributed by atoms with Crippen molar-refractivity contribution in [1.29, 1.82) is 0 Å². The van der Waals surface area contributed by atoms with Gasteiger partial charge in [0.05, 0.1) is 0 Å². The van der Waals surface area contributed by atoms with Gasteiger partial charge < -0.3 is 0 Å². The summed E-state index contributed by atoms with van der Waals surface area (Å²) in [5.41, 5.74) is 9.60. The van der Waals surface area contributed by atoms with Crippen molar-refractivity contribution in [3.8, 4) is 0 Å². The van der Waals surface area contributed by atoms with E-state index >= 15 is 0 Å². The number of benzene rings is 5. The predicted octanol–water partition coefficient (Wildman–Crippen LogP) is 8.86. The highest BCUT2D eigenvalue weighted by atomic mass is 14.1. The fourth-order valence-corrected chi connectivity index (χ4v) is 4.19. The van der Waals surface area contributed by atoms with Gasteiger partial charge in [0.15, 0.2) is 0 Å². The molecular weight excluding hydrogens is 408 g/mol.